The highest BCUT2D eigenvalue weighted by Crippen LogP contribution is 2.28. The normalized spacial score (nSPS) is 18.8. The van der Waals surface area contributed by atoms with Gasteiger partial charge in [0, 0.05) is 25.9 Å². The minimum atomic E-state index is -0.945. The second-order valence-electron chi connectivity index (χ2n) is 5.11. The molecular formula is C15H19NO3. The Bertz CT molecular complexity index is 462. The number of carbonyl (C=O) groups excluding carboxylic acids is 2. The first-order valence-corrected chi connectivity index (χ1v) is 6.51. The number of benzene rings is 1. The lowest BCUT2D eigenvalue weighted by Crippen LogP contribution is -2.50. The molecule has 1 fully saturated rings. The molecule has 4 heteroatoms. The Labute approximate surface area is 113 Å². The van der Waals surface area contributed by atoms with E-state index < -0.39 is 11.6 Å². The predicted molar refractivity (Wildman–Crippen MR) is 72.0 cm³/mol. The van der Waals surface area contributed by atoms with Crippen molar-refractivity contribution in [3.8, 4) is 0 Å². The summed E-state index contributed by atoms with van der Waals surface area (Å²) in [7, 11) is 2.00. The van der Waals surface area contributed by atoms with Crippen molar-refractivity contribution in [1.82, 2.24) is 4.90 Å². The number of carbonyl (C=O) groups is 2. The van der Waals surface area contributed by atoms with E-state index in [1.165, 1.54) is 6.92 Å². The van der Waals surface area contributed by atoms with Crippen LogP contribution in [0.15, 0.2) is 30.3 Å². The Balaban J connectivity index is 2.14. The Morgan fingerprint density at radius 3 is 2.26 bits per heavy atom. The molecule has 1 aliphatic heterocycles. The molecule has 0 unspecified atom stereocenters. The second kappa shape index (κ2) is 5.53. The molecule has 0 N–H and O–H groups in total. The van der Waals surface area contributed by atoms with E-state index in [1.807, 2.05) is 13.1 Å². The molecular weight excluding hydrogens is 242 g/mol. The smallest absolute Gasteiger partial charge is 0.339 e. The maximum atomic E-state index is 12.1. The molecule has 1 aromatic carbocycles. The lowest BCUT2D eigenvalue weighted by molar-refractivity contribution is -0.141. The maximum Gasteiger partial charge on any atom is 0.339 e. The molecule has 0 spiro atoms. The first kappa shape index (κ1) is 13.7. The standard InChI is InChI=1S/C15H19NO3/c1-12(17)15(8-10-16(2)11-9-15)19-14(18)13-6-4-3-5-7-13/h3-7H,8-11H2,1-2H3. The fraction of sp³-hybridized carbons (Fsp3) is 0.467. The number of hydrogen-bond donors (Lipinski definition) is 0. The molecule has 1 heterocycles. The summed E-state index contributed by atoms with van der Waals surface area (Å²) in [4.78, 5) is 26.2. The third-order valence-electron chi connectivity index (χ3n) is 3.73. The number of esters is 1. The summed E-state index contributed by atoms with van der Waals surface area (Å²) in [5.41, 5.74) is -0.457. The van der Waals surface area contributed by atoms with Crippen molar-refractivity contribution in [2.75, 3.05) is 20.1 Å². The molecule has 0 bridgehead atoms. The van der Waals surface area contributed by atoms with E-state index in [-0.39, 0.29) is 5.78 Å². The quantitative estimate of drug-likeness (QED) is 0.780. The van der Waals surface area contributed by atoms with Crippen LogP contribution in [0.25, 0.3) is 0 Å². The van der Waals surface area contributed by atoms with Gasteiger partial charge in [0.1, 0.15) is 0 Å². The van der Waals surface area contributed by atoms with Crippen LogP contribution in [0.5, 0.6) is 0 Å². The lowest BCUT2D eigenvalue weighted by atomic mass is 9.87. The zero-order valence-electron chi connectivity index (χ0n) is 11.4. The molecule has 102 valence electrons. The van der Waals surface area contributed by atoms with Crippen molar-refractivity contribution in [2.24, 2.45) is 0 Å². The number of hydrogen-bond acceptors (Lipinski definition) is 4. The highest BCUT2D eigenvalue weighted by Gasteiger charge is 2.42. The van der Waals surface area contributed by atoms with E-state index in [1.54, 1.807) is 24.3 Å². The summed E-state index contributed by atoms with van der Waals surface area (Å²) in [5.74, 6) is -0.481. The van der Waals surface area contributed by atoms with Crippen LogP contribution in [0.1, 0.15) is 30.1 Å². The van der Waals surface area contributed by atoms with Crippen LogP contribution >= 0.6 is 0 Å². The van der Waals surface area contributed by atoms with Crippen molar-refractivity contribution in [2.45, 2.75) is 25.4 Å². The van der Waals surface area contributed by atoms with Gasteiger partial charge in [-0.1, -0.05) is 18.2 Å². The third-order valence-corrected chi connectivity index (χ3v) is 3.73. The van der Waals surface area contributed by atoms with Gasteiger partial charge in [-0.05, 0) is 26.1 Å². The van der Waals surface area contributed by atoms with Gasteiger partial charge in [0.2, 0.25) is 0 Å². The van der Waals surface area contributed by atoms with E-state index in [9.17, 15) is 9.59 Å². The van der Waals surface area contributed by atoms with Crippen LogP contribution in [0, 0.1) is 0 Å². The van der Waals surface area contributed by atoms with Gasteiger partial charge >= 0.3 is 5.97 Å². The minimum Gasteiger partial charge on any atom is -0.447 e. The zero-order chi connectivity index (χ0) is 13.9. The molecule has 1 aromatic rings. The molecule has 0 aromatic heterocycles. The fourth-order valence-electron chi connectivity index (χ4n) is 2.32. The Morgan fingerprint density at radius 1 is 1.16 bits per heavy atom. The first-order valence-electron chi connectivity index (χ1n) is 6.51. The van der Waals surface area contributed by atoms with Gasteiger partial charge in [-0.15, -0.1) is 0 Å². The summed E-state index contributed by atoms with van der Waals surface area (Å²) in [6, 6.07) is 8.81. The summed E-state index contributed by atoms with van der Waals surface area (Å²) in [6.45, 7) is 3.03. The molecule has 1 aliphatic rings. The monoisotopic (exact) mass is 261 g/mol. The fourth-order valence-corrected chi connectivity index (χ4v) is 2.32. The van der Waals surface area contributed by atoms with Crippen molar-refractivity contribution >= 4 is 11.8 Å². The van der Waals surface area contributed by atoms with Gasteiger partial charge in [0.15, 0.2) is 11.4 Å². The van der Waals surface area contributed by atoms with Gasteiger partial charge in [0.05, 0.1) is 5.56 Å². The number of ether oxygens (including phenoxy) is 1. The van der Waals surface area contributed by atoms with Crippen LogP contribution in [-0.2, 0) is 9.53 Å². The molecule has 0 atom stereocenters. The van der Waals surface area contributed by atoms with Crippen LogP contribution in [0.2, 0.25) is 0 Å². The summed E-state index contributed by atoms with van der Waals surface area (Å²) in [5, 5.41) is 0. The number of nitrogens with zero attached hydrogens (tertiary/aromatic N) is 1. The number of piperidine rings is 1. The molecule has 0 amide bonds. The van der Waals surface area contributed by atoms with Crippen molar-refractivity contribution in [1.29, 1.82) is 0 Å². The van der Waals surface area contributed by atoms with E-state index in [0.29, 0.717) is 18.4 Å². The molecule has 0 aliphatic carbocycles. The van der Waals surface area contributed by atoms with Gasteiger partial charge in [0.25, 0.3) is 0 Å². The topological polar surface area (TPSA) is 46.6 Å². The maximum absolute atomic E-state index is 12.1. The number of Topliss-reactive ketones (excluding diaryl/α,β-unsaturated/α-hetero) is 1. The summed E-state index contributed by atoms with van der Waals surface area (Å²) in [6.07, 6.45) is 1.13. The van der Waals surface area contributed by atoms with Crippen molar-refractivity contribution < 1.29 is 14.3 Å². The Hall–Kier alpha value is -1.68. The average Bonchev–Trinajstić information content (AvgIpc) is 2.42. The lowest BCUT2D eigenvalue weighted by Gasteiger charge is -2.38. The van der Waals surface area contributed by atoms with Crippen LogP contribution in [-0.4, -0.2) is 42.4 Å². The number of likely N-dealkylation sites (tertiary alicyclic amines) is 1. The predicted octanol–water partition coefficient (Wildman–Crippen LogP) is 1.90. The Kier molecular flexibility index (Phi) is 4.00. The Morgan fingerprint density at radius 2 is 1.74 bits per heavy atom. The van der Waals surface area contributed by atoms with Gasteiger partial charge < -0.3 is 9.64 Å². The molecule has 0 radical (unpaired) electrons. The van der Waals surface area contributed by atoms with Crippen LogP contribution < -0.4 is 0 Å². The third kappa shape index (κ3) is 3.01. The van der Waals surface area contributed by atoms with Crippen LogP contribution in [0.3, 0.4) is 0 Å². The van der Waals surface area contributed by atoms with E-state index in [4.69, 9.17) is 4.74 Å². The molecule has 1 saturated heterocycles. The molecule has 2 rings (SSSR count). The zero-order valence-corrected chi connectivity index (χ0v) is 11.4. The summed E-state index contributed by atoms with van der Waals surface area (Å²) >= 11 is 0. The van der Waals surface area contributed by atoms with E-state index in [0.717, 1.165) is 13.1 Å². The number of ketones is 1. The largest absolute Gasteiger partial charge is 0.447 e. The SMILES string of the molecule is CC(=O)C1(OC(=O)c2ccccc2)CCN(C)CC1. The van der Waals surface area contributed by atoms with Crippen LogP contribution in [0.4, 0.5) is 0 Å². The van der Waals surface area contributed by atoms with E-state index in [2.05, 4.69) is 4.90 Å². The van der Waals surface area contributed by atoms with Gasteiger partial charge in [-0.2, -0.15) is 0 Å². The van der Waals surface area contributed by atoms with Crippen molar-refractivity contribution in [3.05, 3.63) is 35.9 Å². The highest BCUT2D eigenvalue weighted by atomic mass is 16.6. The van der Waals surface area contributed by atoms with E-state index >= 15 is 0 Å². The minimum absolute atomic E-state index is 0.0649. The first-order chi connectivity index (χ1) is 9.03. The highest BCUT2D eigenvalue weighted by molar-refractivity contribution is 5.94. The van der Waals surface area contributed by atoms with Crippen molar-refractivity contribution in [3.63, 3.8) is 0 Å². The number of rotatable bonds is 3. The average molecular weight is 261 g/mol. The van der Waals surface area contributed by atoms with Gasteiger partial charge in [-0.25, -0.2) is 4.79 Å². The summed E-state index contributed by atoms with van der Waals surface area (Å²) < 4.78 is 5.56. The molecule has 0 saturated carbocycles. The van der Waals surface area contributed by atoms with Gasteiger partial charge in [-0.3, -0.25) is 4.79 Å². The molecule has 19 heavy (non-hydrogen) atoms. The second-order valence-corrected chi connectivity index (χ2v) is 5.11. The molecule has 4 nitrogen and oxygen atoms in total.